The Labute approximate surface area is 356 Å². The molecule has 2 heteroatoms. The molecule has 0 saturated heterocycles. The number of hydrogen-bond donors (Lipinski definition) is 0. The van der Waals surface area contributed by atoms with E-state index >= 15 is 0 Å². The highest BCUT2D eigenvalue weighted by molar-refractivity contribution is 7.99. The number of benzene rings is 6. The van der Waals surface area contributed by atoms with Gasteiger partial charge in [0.25, 0.3) is 0 Å². The highest BCUT2D eigenvalue weighted by atomic mass is 32.2. The fourth-order valence-corrected chi connectivity index (χ4v) is 12.9. The fourth-order valence-electron chi connectivity index (χ4n) is 11.7. The summed E-state index contributed by atoms with van der Waals surface area (Å²) < 4.78 is 0. The summed E-state index contributed by atoms with van der Waals surface area (Å²) >= 11 is 1.91. The smallest absolute Gasteiger partial charge is 0.0778 e. The van der Waals surface area contributed by atoms with Gasteiger partial charge in [0.15, 0.2) is 0 Å². The van der Waals surface area contributed by atoms with E-state index in [-0.39, 0.29) is 6.04 Å². The van der Waals surface area contributed by atoms with Gasteiger partial charge in [-0.05, 0) is 130 Å². The molecule has 0 amide bonds. The minimum atomic E-state index is -0.390. The number of hydrogen-bond acceptors (Lipinski definition) is 2. The van der Waals surface area contributed by atoms with E-state index in [0.717, 1.165) is 19.3 Å². The molecule has 0 radical (unpaired) electrons. The average Bonchev–Trinajstić information content (AvgIpc) is 3.56. The maximum absolute atomic E-state index is 6.00. The lowest BCUT2D eigenvalue weighted by Gasteiger charge is -2.40. The fraction of sp³-hybridized carbons (Fsp3) is 0.281. The number of allylic oxidation sites excluding steroid dienone is 4. The minimum absolute atomic E-state index is 0.0415. The summed E-state index contributed by atoms with van der Waals surface area (Å²) in [6.45, 7) is 11.9. The van der Waals surface area contributed by atoms with Crippen LogP contribution in [-0.2, 0) is 5.41 Å². The summed E-state index contributed by atoms with van der Waals surface area (Å²) in [6.07, 6.45) is 9.21. The molecule has 59 heavy (non-hydrogen) atoms. The number of nitrogens with zero attached hydrogens (tertiary/aromatic N) is 1. The first-order valence-corrected chi connectivity index (χ1v) is 23.0. The van der Waals surface area contributed by atoms with Crippen molar-refractivity contribution in [3.05, 3.63) is 208 Å². The zero-order chi connectivity index (χ0) is 40.3. The summed E-state index contributed by atoms with van der Waals surface area (Å²) in [5.74, 6) is 2.20. The van der Waals surface area contributed by atoms with Crippen molar-refractivity contribution in [3.63, 3.8) is 0 Å². The molecule has 6 atom stereocenters. The molecule has 6 aromatic rings. The Morgan fingerprint density at radius 2 is 1.19 bits per heavy atom. The number of rotatable bonds is 6. The second-order valence-electron chi connectivity index (χ2n) is 17.7. The van der Waals surface area contributed by atoms with Crippen LogP contribution in [0.3, 0.4) is 0 Å². The van der Waals surface area contributed by atoms with Crippen LogP contribution in [0.1, 0.15) is 117 Å². The lowest BCUT2D eigenvalue weighted by molar-refractivity contribution is 0.362. The highest BCUT2D eigenvalue weighted by Gasteiger charge is 2.50. The van der Waals surface area contributed by atoms with E-state index in [4.69, 9.17) is 4.99 Å². The zero-order valence-corrected chi connectivity index (χ0v) is 36.0. The van der Waals surface area contributed by atoms with Crippen LogP contribution in [0.25, 0.3) is 16.7 Å². The highest BCUT2D eigenvalue weighted by Crippen LogP contribution is 2.62. The Balaban J connectivity index is 1.09. The van der Waals surface area contributed by atoms with Crippen LogP contribution >= 0.6 is 11.8 Å². The molecular weight excluding hydrogens is 731 g/mol. The SMILES string of the molecule is CCC1C(C)=CC=C(c2ccc(C3CCC(C)C(c4ccc5c(c4)C4(c6ccccc6Sc6ccccc64)c4ccccc4-5)/N=C(/c4ccccc4)C3CC)cc2)C1C. The van der Waals surface area contributed by atoms with E-state index in [9.17, 15) is 0 Å². The molecule has 294 valence electrons. The van der Waals surface area contributed by atoms with Crippen LogP contribution < -0.4 is 0 Å². The van der Waals surface area contributed by atoms with Crippen molar-refractivity contribution >= 4 is 23.0 Å². The van der Waals surface area contributed by atoms with Gasteiger partial charge in [-0.1, -0.05) is 191 Å². The predicted octanol–water partition coefficient (Wildman–Crippen LogP) is 15.3. The van der Waals surface area contributed by atoms with Crippen molar-refractivity contribution in [1.82, 2.24) is 0 Å². The Hall–Kier alpha value is -5.18. The maximum atomic E-state index is 6.00. The summed E-state index contributed by atoms with van der Waals surface area (Å²) in [7, 11) is 0. The van der Waals surface area contributed by atoms with Crippen molar-refractivity contribution in [2.45, 2.75) is 87.5 Å². The second-order valence-corrected chi connectivity index (χ2v) is 18.7. The molecular formula is C57H55NS. The molecule has 0 aromatic heterocycles. The molecule has 2 heterocycles. The third-order valence-corrected chi connectivity index (χ3v) is 15.8. The largest absolute Gasteiger partial charge is 0.280 e. The van der Waals surface area contributed by atoms with Crippen molar-refractivity contribution < 1.29 is 0 Å². The monoisotopic (exact) mass is 785 g/mol. The van der Waals surface area contributed by atoms with E-state index in [0.29, 0.717) is 29.6 Å². The summed E-state index contributed by atoms with van der Waals surface area (Å²) in [6, 6.07) is 55.7. The Kier molecular flexibility index (Phi) is 9.96. The van der Waals surface area contributed by atoms with Gasteiger partial charge >= 0.3 is 0 Å². The topological polar surface area (TPSA) is 12.4 Å². The summed E-state index contributed by atoms with van der Waals surface area (Å²) in [5.41, 5.74) is 17.5. The lowest BCUT2D eigenvalue weighted by Crippen LogP contribution is -2.32. The van der Waals surface area contributed by atoms with E-state index in [1.165, 1.54) is 88.7 Å². The van der Waals surface area contributed by atoms with Gasteiger partial charge in [-0.15, -0.1) is 0 Å². The Morgan fingerprint density at radius 1 is 0.576 bits per heavy atom. The van der Waals surface area contributed by atoms with Crippen molar-refractivity contribution in [2.75, 3.05) is 0 Å². The van der Waals surface area contributed by atoms with Gasteiger partial charge in [-0.3, -0.25) is 4.99 Å². The first-order chi connectivity index (χ1) is 28.9. The molecule has 6 unspecified atom stereocenters. The Bertz CT molecular complexity index is 2580. The van der Waals surface area contributed by atoms with Crippen LogP contribution in [-0.4, -0.2) is 5.71 Å². The van der Waals surface area contributed by atoms with Gasteiger partial charge in [0.2, 0.25) is 0 Å². The van der Waals surface area contributed by atoms with E-state index in [1.54, 1.807) is 0 Å². The van der Waals surface area contributed by atoms with Crippen LogP contribution in [0, 0.1) is 23.7 Å². The van der Waals surface area contributed by atoms with Gasteiger partial charge in [-0.25, -0.2) is 0 Å². The maximum Gasteiger partial charge on any atom is 0.0778 e. The molecule has 4 aliphatic rings. The first-order valence-electron chi connectivity index (χ1n) is 22.1. The molecule has 0 bridgehead atoms. The zero-order valence-electron chi connectivity index (χ0n) is 35.2. The van der Waals surface area contributed by atoms with E-state index in [1.807, 2.05) is 11.8 Å². The minimum Gasteiger partial charge on any atom is -0.280 e. The molecule has 1 nitrogen and oxygen atoms in total. The lowest BCUT2D eigenvalue weighted by atomic mass is 9.67. The molecule has 0 saturated carbocycles. The summed E-state index contributed by atoms with van der Waals surface area (Å²) in [5, 5.41) is 0. The average molecular weight is 786 g/mol. The van der Waals surface area contributed by atoms with Gasteiger partial charge in [-0.2, -0.15) is 0 Å². The molecule has 6 aromatic carbocycles. The third kappa shape index (κ3) is 6.16. The Morgan fingerprint density at radius 3 is 1.88 bits per heavy atom. The van der Waals surface area contributed by atoms with Gasteiger partial charge in [0.05, 0.1) is 11.5 Å². The van der Waals surface area contributed by atoms with Gasteiger partial charge in [0, 0.05) is 21.4 Å². The molecule has 2 aliphatic carbocycles. The third-order valence-electron chi connectivity index (χ3n) is 14.6. The van der Waals surface area contributed by atoms with Crippen LogP contribution in [0.15, 0.2) is 178 Å². The van der Waals surface area contributed by atoms with Crippen LogP contribution in [0.2, 0.25) is 0 Å². The van der Waals surface area contributed by atoms with Crippen molar-refractivity contribution in [1.29, 1.82) is 0 Å². The van der Waals surface area contributed by atoms with Crippen molar-refractivity contribution in [3.8, 4) is 11.1 Å². The predicted molar refractivity (Wildman–Crippen MR) is 250 cm³/mol. The van der Waals surface area contributed by atoms with Crippen LogP contribution in [0.4, 0.5) is 0 Å². The van der Waals surface area contributed by atoms with Crippen LogP contribution in [0.5, 0.6) is 0 Å². The van der Waals surface area contributed by atoms with E-state index in [2.05, 4.69) is 192 Å². The molecule has 0 N–H and O–H groups in total. The molecule has 2 aliphatic heterocycles. The number of fused-ring (bicyclic) bond motifs is 9. The van der Waals surface area contributed by atoms with Gasteiger partial charge in [0.1, 0.15) is 0 Å². The number of aliphatic imine (C=N–C) groups is 1. The quantitative estimate of drug-likeness (QED) is 0.164. The van der Waals surface area contributed by atoms with E-state index < -0.39 is 5.41 Å². The van der Waals surface area contributed by atoms with Gasteiger partial charge < -0.3 is 0 Å². The summed E-state index contributed by atoms with van der Waals surface area (Å²) in [4.78, 5) is 8.69. The van der Waals surface area contributed by atoms with Crippen molar-refractivity contribution in [2.24, 2.45) is 28.7 Å². The molecule has 0 fully saturated rings. The second kappa shape index (κ2) is 15.4. The standard InChI is InChI=1S/C57H55NS/c1-6-43-36(3)25-32-45(38(43)5)39-27-29-40(30-28-39)46-33-26-37(4)55(58-56(44(46)7-2)41-17-9-8-10-18-41)42-31-34-48-47-19-11-12-20-49(47)57(52(48)35-42)50-21-13-15-23-53(50)59-54-24-16-14-22-51(54)57/h8-25,27-32,34-35,37-38,43-44,46,55H,6-7,26,33H2,1-5H3/b58-56-. The molecule has 1 spiro atoms. The molecule has 10 rings (SSSR count). The first kappa shape index (κ1) is 38.0. The normalized spacial score (nSPS) is 24.9.